The third kappa shape index (κ3) is 5.62. The Labute approximate surface area is 121 Å². The van der Waals surface area contributed by atoms with Gasteiger partial charge in [0, 0.05) is 0 Å². The molecule has 0 saturated carbocycles. The van der Waals surface area contributed by atoms with Crippen LogP contribution in [0.4, 0.5) is 0 Å². The Morgan fingerprint density at radius 3 is 0.875 bits per heavy atom. The summed E-state index contributed by atoms with van der Waals surface area (Å²) in [5.74, 6) is 0. The van der Waals surface area contributed by atoms with E-state index in [0.29, 0.717) is 0 Å². The first-order valence-corrected chi connectivity index (χ1v) is 4.07. The average molecular weight is 300 g/mol. The Hall–Kier alpha value is -0.400. The predicted octanol–water partition coefficient (Wildman–Crippen LogP) is 5.04. The molecule has 0 spiro atoms. The standard InChI is InChI=1S/C12H10.4ClH/c1-3-7-11(8-4-1)12-9-5-2-6-10-12;;;;/h1-10H;4*1H. The number of rotatable bonds is 1. The van der Waals surface area contributed by atoms with Crippen LogP contribution in [-0.2, 0) is 0 Å². The molecule has 2 aromatic rings. The van der Waals surface area contributed by atoms with E-state index in [0.717, 1.165) is 0 Å². The van der Waals surface area contributed by atoms with Crippen LogP contribution in [0.1, 0.15) is 0 Å². The Balaban J connectivity index is -0.000000422. The molecule has 0 aliphatic rings. The minimum atomic E-state index is 0. The molecule has 0 aliphatic carbocycles. The maximum Gasteiger partial charge on any atom is -0.0184 e. The highest BCUT2D eigenvalue weighted by atomic mass is 35.5. The maximum atomic E-state index is 2.12. The number of halogens is 4. The summed E-state index contributed by atoms with van der Waals surface area (Å²) in [4.78, 5) is 0. The summed E-state index contributed by atoms with van der Waals surface area (Å²) in [6, 6.07) is 20.8. The molecule has 0 fully saturated rings. The summed E-state index contributed by atoms with van der Waals surface area (Å²) >= 11 is 0. The SMILES string of the molecule is Cl.Cl.Cl.Cl.c1ccc(-c2ccccc2)cc1. The van der Waals surface area contributed by atoms with E-state index in [9.17, 15) is 0 Å². The molecule has 16 heavy (non-hydrogen) atoms. The van der Waals surface area contributed by atoms with Gasteiger partial charge in [-0.2, -0.15) is 0 Å². The van der Waals surface area contributed by atoms with Gasteiger partial charge in [-0.1, -0.05) is 60.7 Å². The van der Waals surface area contributed by atoms with E-state index in [2.05, 4.69) is 48.5 Å². The van der Waals surface area contributed by atoms with Crippen LogP contribution in [0.25, 0.3) is 11.1 Å². The highest BCUT2D eigenvalue weighted by molar-refractivity contribution is 5.86. The van der Waals surface area contributed by atoms with Gasteiger partial charge in [0.2, 0.25) is 0 Å². The molecular weight excluding hydrogens is 286 g/mol. The third-order valence-corrected chi connectivity index (χ3v) is 1.88. The lowest BCUT2D eigenvalue weighted by atomic mass is 10.1. The fourth-order valence-corrected chi connectivity index (χ4v) is 1.26. The molecular formula is C12H14Cl4. The molecule has 0 unspecified atom stereocenters. The third-order valence-electron chi connectivity index (χ3n) is 1.88. The number of benzene rings is 2. The first-order valence-electron chi connectivity index (χ1n) is 4.07. The van der Waals surface area contributed by atoms with Crippen LogP contribution in [0.5, 0.6) is 0 Å². The van der Waals surface area contributed by atoms with E-state index in [1.807, 2.05) is 12.1 Å². The number of hydrogen-bond donors (Lipinski definition) is 0. The van der Waals surface area contributed by atoms with Crippen molar-refractivity contribution in [3.8, 4) is 11.1 Å². The van der Waals surface area contributed by atoms with Gasteiger partial charge < -0.3 is 0 Å². The lowest BCUT2D eigenvalue weighted by molar-refractivity contribution is 1.62. The van der Waals surface area contributed by atoms with E-state index < -0.39 is 0 Å². The molecule has 4 heteroatoms. The molecule has 0 nitrogen and oxygen atoms in total. The highest BCUT2D eigenvalue weighted by Gasteiger charge is 1.91. The summed E-state index contributed by atoms with van der Waals surface area (Å²) in [5, 5.41) is 0. The normalized spacial score (nSPS) is 7.25. The lowest BCUT2D eigenvalue weighted by Crippen LogP contribution is -1.73. The minimum Gasteiger partial charge on any atom is -0.147 e. The molecule has 0 saturated heterocycles. The van der Waals surface area contributed by atoms with E-state index in [-0.39, 0.29) is 49.6 Å². The Morgan fingerprint density at radius 1 is 0.375 bits per heavy atom. The summed E-state index contributed by atoms with van der Waals surface area (Å²) < 4.78 is 0. The van der Waals surface area contributed by atoms with Crippen LogP contribution < -0.4 is 0 Å². The van der Waals surface area contributed by atoms with Crippen LogP contribution in [0.3, 0.4) is 0 Å². The van der Waals surface area contributed by atoms with Crippen molar-refractivity contribution in [3.05, 3.63) is 60.7 Å². The Kier molecular flexibility index (Phi) is 14.5. The molecule has 0 aromatic heterocycles. The molecule has 0 N–H and O–H groups in total. The second kappa shape index (κ2) is 11.1. The maximum absolute atomic E-state index is 2.12. The molecule has 0 aliphatic heterocycles. The van der Waals surface area contributed by atoms with Crippen LogP contribution in [0.2, 0.25) is 0 Å². The van der Waals surface area contributed by atoms with Gasteiger partial charge in [0.05, 0.1) is 0 Å². The summed E-state index contributed by atoms with van der Waals surface area (Å²) in [6.07, 6.45) is 0. The van der Waals surface area contributed by atoms with Crippen molar-refractivity contribution in [2.24, 2.45) is 0 Å². The van der Waals surface area contributed by atoms with Crippen molar-refractivity contribution in [2.45, 2.75) is 0 Å². The molecule has 90 valence electrons. The largest absolute Gasteiger partial charge is 0.147 e. The topological polar surface area (TPSA) is 0 Å². The molecule has 2 rings (SSSR count). The van der Waals surface area contributed by atoms with Gasteiger partial charge in [-0.3, -0.25) is 0 Å². The first kappa shape index (κ1) is 20.9. The fourth-order valence-electron chi connectivity index (χ4n) is 1.26. The first-order chi connectivity index (χ1) is 5.97. The molecule has 0 bridgehead atoms. The molecule has 0 amide bonds. The van der Waals surface area contributed by atoms with Gasteiger partial charge >= 0.3 is 0 Å². The molecule has 0 radical (unpaired) electrons. The van der Waals surface area contributed by atoms with Crippen LogP contribution in [-0.4, -0.2) is 0 Å². The van der Waals surface area contributed by atoms with Crippen molar-refractivity contribution < 1.29 is 0 Å². The zero-order valence-corrected chi connectivity index (χ0v) is 11.7. The minimum absolute atomic E-state index is 0. The second-order valence-corrected chi connectivity index (χ2v) is 2.73. The van der Waals surface area contributed by atoms with Crippen LogP contribution in [0.15, 0.2) is 60.7 Å². The number of hydrogen-bond acceptors (Lipinski definition) is 0. The van der Waals surface area contributed by atoms with Gasteiger partial charge in [0.25, 0.3) is 0 Å². The second-order valence-electron chi connectivity index (χ2n) is 2.73. The monoisotopic (exact) mass is 298 g/mol. The molecule has 0 heterocycles. The van der Waals surface area contributed by atoms with Crippen LogP contribution in [0, 0.1) is 0 Å². The van der Waals surface area contributed by atoms with Gasteiger partial charge in [0.1, 0.15) is 0 Å². The quantitative estimate of drug-likeness (QED) is 0.692. The van der Waals surface area contributed by atoms with Crippen molar-refractivity contribution in [2.75, 3.05) is 0 Å². The van der Waals surface area contributed by atoms with Gasteiger partial charge in [-0.25, -0.2) is 0 Å². The smallest absolute Gasteiger partial charge is 0.0184 e. The Morgan fingerprint density at radius 2 is 0.625 bits per heavy atom. The molecule has 2 aromatic carbocycles. The van der Waals surface area contributed by atoms with E-state index in [4.69, 9.17) is 0 Å². The zero-order chi connectivity index (χ0) is 8.23. The Bertz CT molecular complexity index is 310. The van der Waals surface area contributed by atoms with Gasteiger partial charge in [0.15, 0.2) is 0 Å². The summed E-state index contributed by atoms with van der Waals surface area (Å²) in [5.41, 5.74) is 2.55. The van der Waals surface area contributed by atoms with Crippen molar-refractivity contribution in [1.29, 1.82) is 0 Å². The molecule has 0 atom stereocenters. The van der Waals surface area contributed by atoms with Gasteiger partial charge in [-0.05, 0) is 11.1 Å². The van der Waals surface area contributed by atoms with Crippen molar-refractivity contribution >= 4 is 49.6 Å². The van der Waals surface area contributed by atoms with Crippen molar-refractivity contribution in [1.82, 2.24) is 0 Å². The highest BCUT2D eigenvalue weighted by Crippen LogP contribution is 2.17. The summed E-state index contributed by atoms with van der Waals surface area (Å²) in [6.45, 7) is 0. The zero-order valence-electron chi connectivity index (χ0n) is 8.41. The predicted molar refractivity (Wildman–Crippen MR) is 80.9 cm³/mol. The van der Waals surface area contributed by atoms with E-state index >= 15 is 0 Å². The van der Waals surface area contributed by atoms with Gasteiger partial charge in [-0.15, -0.1) is 49.6 Å². The fraction of sp³-hybridized carbons (Fsp3) is 0. The average Bonchev–Trinajstić information content (AvgIpc) is 2.21. The van der Waals surface area contributed by atoms with E-state index in [1.54, 1.807) is 0 Å². The summed E-state index contributed by atoms with van der Waals surface area (Å²) in [7, 11) is 0. The van der Waals surface area contributed by atoms with Crippen molar-refractivity contribution in [3.63, 3.8) is 0 Å². The lowest BCUT2D eigenvalue weighted by Gasteiger charge is -1.98. The van der Waals surface area contributed by atoms with E-state index in [1.165, 1.54) is 11.1 Å². The van der Waals surface area contributed by atoms with Crippen LogP contribution >= 0.6 is 49.6 Å².